The fraction of sp³-hybridized carbons (Fsp3) is 0.179. The van der Waals surface area contributed by atoms with Gasteiger partial charge in [-0.05, 0) is 72.1 Å². The predicted octanol–water partition coefficient (Wildman–Crippen LogP) is 5.92. The van der Waals surface area contributed by atoms with Crippen LogP contribution in [0.1, 0.15) is 22.9 Å². The van der Waals surface area contributed by atoms with Gasteiger partial charge in [0.15, 0.2) is 4.80 Å². The van der Waals surface area contributed by atoms with Gasteiger partial charge in [0.05, 0.1) is 6.54 Å². The Bertz CT molecular complexity index is 1700. The number of ether oxygens (including phenoxy) is 2. The van der Waals surface area contributed by atoms with Gasteiger partial charge in [-0.25, -0.2) is 13.9 Å². The normalized spacial score (nSPS) is 14.8. The third kappa shape index (κ3) is 5.13. The summed E-state index contributed by atoms with van der Waals surface area (Å²) in [6, 6.07) is 18.2. The highest BCUT2D eigenvalue weighted by Gasteiger charge is 2.35. The number of nitrogens with zero attached hydrogens (tertiary/aromatic N) is 3. The zero-order valence-corrected chi connectivity index (χ0v) is 22.1. The Hall–Kier alpha value is -4.15. The van der Waals surface area contributed by atoms with E-state index in [4.69, 9.17) is 26.5 Å². The van der Waals surface area contributed by atoms with Crippen LogP contribution in [0, 0.1) is 11.2 Å². The third-order valence-electron chi connectivity index (χ3n) is 6.70. The first-order chi connectivity index (χ1) is 19.0. The quantitative estimate of drug-likeness (QED) is 0.268. The minimum absolute atomic E-state index is 0.270. The molecule has 0 radical (unpaired) electrons. The van der Waals surface area contributed by atoms with Gasteiger partial charge < -0.3 is 14.5 Å². The molecule has 1 aliphatic heterocycles. The number of hydrogen-bond donors (Lipinski definition) is 2. The molecule has 8 nitrogen and oxygen atoms in total. The smallest absolute Gasteiger partial charge is 0.416 e. The summed E-state index contributed by atoms with van der Waals surface area (Å²) in [5.74, 6) is 0.535. The molecule has 5 aromatic rings. The number of aromatic amines is 1. The molecular formula is C28H23ClFN5O3S. The molecule has 0 spiro atoms. The number of halogens is 2. The molecule has 0 saturated carbocycles. The summed E-state index contributed by atoms with van der Waals surface area (Å²) < 4.78 is 26.4. The van der Waals surface area contributed by atoms with Crippen molar-refractivity contribution in [1.82, 2.24) is 19.7 Å². The Balaban J connectivity index is 1.29. The molecule has 1 amide bonds. The fourth-order valence-corrected chi connectivity index (χ4v) is 5.56. The summed E-state index contributed by atoms with van der Waals surface area (Å²) >= 11 is 7.56. The summed E-state index contributed by atoms with van der Waals surface area (Å²) in [4.78, 5) is 18.9. The molecule has 1 atom stereocenters. The van der Waals surface area contributed by atoms with Crippen LogP contribution in [-0.2, 0) is 13.0 Å². The molecule has 1 aliphatic rings. The minimum Gasteiger partial charge on any atom is -0.492 e. The van der Waals surface area contributed by atoms with Gasteiger partial charge in [-0.2, -0.15) is 5.10 Å². The maximum atomic E-state index is 13.4. The molecule has 198 valence electrons. The van der Waals surface area contributed by atoms with Crippen LogP contribution in [0.25, 0.3) is 10.9 Å². The van der Waals surface area contributed by atoms with Crippen molar-refractivity contribution in [1.29, 1.82) is 5.41 Å². The van der Waals surface area contributed by atoms with Crippen LogP contribution < -0.4 is 14.3 Å². The van der Waals surface area contributed by atoms with Gasteiger partial charge in [-0.3, -0.25) is 10.3 Å². The summed E-state index contributed by atoms with van der Waals surface area (Å²) in [6.07, 6.45) is 0.0961. The maximum Gasteiger partial charge on any atom is 0.416 e. The number of rotatable bonds is 6. The second kappa shape index (κ2) is 10.5. The van der Waals surface area contributed by atoms with Gasteiger partial charge >= 0.3 is 6.09 Å². The molecule has 0 aliphatic carbocycles. The van der Waals surface area contributed by atoms with E-state index < -0.39 is 18.0 Å². The monoisotopic (exact) mass is 563 g/mol. The van der Waals surface area contributed by atoms with Crippen LogP contribution in [0.4, 0.5) is 9.18 Å². The second-order valence-electron chi connectivity index (χ2n) is 9.06. The van der Waals surface area contributed by atoms with E-state index in [-0.39, 0.29) is 5.75 Å². The first kappa shape index (κ1) is 25.1. The van der Waals surface area contributed by atoms with Crippen LogP contribution in [0.3, 0.4) is 0 Å². The molecule has 0 saturated heterocycles. The molecule has 3 aromatic carbocycles. The molecule has 39 heavy (non-hydrogen) atoms. The highest BCUT2D eigenvalue weighted by Crippen LogP contribution is 2.40. The van der Waals surface area contributed by atoms with Gasteiger partial charge in [-0.1, -0.05) is 35.1 Å². The Labute approximate surface area is 231 Å². The molecular weight excluding hydrogens is 541 g/mol. The largest absolute Gasteiger partial charge is 0.492 e. The summed E-state index contributed by atoms with van der Waals surface area (Å²) in [5, 5.41) is 13.6. The zero-order valence-electron chi connectivity index (χ0n) is 20.6. The van der Waals surface area contributed by atoms with E-state index in [2.05, 4.69) is 10.1 Å². The van der Waals surface area contributed by atoms with Crippen molar-refractivity contribution >= 4 is 39.9 Å². The topological polar surface area (TPSA) is 96.2 Å². The van der Waals surface area contributed by atoms with Crippen molar-refractivity contribution in [2.45, 2.75) is 19.0 Å². The Kier molecular flexibility index (Phi) is 6.80. The predicted molar refractivity (Wildman–Crippen MR) is 146 cm³/mol. The highest BCUT2D eigenvalue weighted by molar-refractivity contribution is 7.06. The summed E-state index contributed by atoms with van der Waals surface area (Å²) in [6.45, 7) is 1.26. The van der Waals surface area contributed by atoms with E-state index >= 15 is 0 Å². The van der Waals surface area contributed by atoms with Gasteiger partial charge in [0, 0.05) is 28.2 Å². The maximum absolute atomic E-state index is 13.4. The van der Waals surface area contributed by atoms with Crippen LogP contribution in [-0.4, -0.2) is 38.9 Å². The van der Waals surface area contributed by atoms with Gasteiger partial charge in [0.2, 0.25) is 0 Å². The van der Waals surface area contributed by atoms with Crippen molar-refractivity contribution in [2.75, 3.05) is 13.2 Å². The van der Waals surface area contributed by atoms with Crippen molar-refractivity contribution in [3.63, 3.8) is 0 Å². The van der Waals surface area contributed by atoms with E-state index in [1.54, 1.807) is 15.1 Å². The molecule has 1 unspecified atom stereocenters. The van der Waals surface area contributed by atoms with Gasteiger partial charge in [0.25, 0.3) is 0 Å². The molecule has 11 heteroatoms. The molecule has 3 heterocycles. The summed E-state index contributed by atoms with van der Waals surface area (Å²) in [7, 11) is 0. The fourth-order valence-electron chi connectivity index (χ4n) is 4.87. The van der Waals surface area contributed by atoms with Gasteiger partial charge in [0.1, 0.15) is 35.5 Å². The van der Waals surface area contributed by atoms with E-state index in [9.17, 15) is 9.18 Å². The minimum atomic E-state index is -0.527. The average Bonchev–Trinajstić information content (AvgIpc) is 3.52. The Morgan fingerprint density at radius 1 is 1.13 bits per heavy atom. The number of amides is 1. The first-order valence-corrected chi connectivity index (χ1v) is 13.5. The Morgan fingerprint density at radius 2 is 1.90 bits per heavy atom. The SMILES string of the molecule is N=c1scnn1CCOc1ccc(C2c3[nH]c4ccc(Cl)cc4c3CCN2C(=O)Oc2ccc(F)cc2)cc1. The van der Waals surface area contributed by atoms with Gasteiger partial charge in [-0.15, -0.1) is 0 Å². The lowest BCUT2D eigenvalue weighted by Gasteiger charge is -2.35. The van der Waals surface area contributed by atoms with E-state index in [0.717, 1.165) is 27.7 Å². The number of carbonyl (C=O) groups excluding carboxylic acids is 1. The number of aromatic nitrogens is 3. The number of benzene rings is 3. The van der Waals surface area contributed by atoms with Crippen molar-refractivity contribution < 1.29 is 18.7 Å². The molecule has 2 N–H and O–H groups in total. The van der Waals surface area contributed by atoms with Crippen molar-refractivity contribution in [3.8, 4) is 11.5 Å². The zero-order chi connectivity index (χ0) is 26.9. The second-order valence-corrected chi connectivity index (χ2v) is 10.3. The summed E-state index contributed by atoms with van der Waals surface area (Å²) in [5.41, 5.74) is 5.44. The van der Waals surface area contributed by atoms with Crippen LogP contribution >= 0.6 is 22.9 Å². The lowest BCUT2D eigenvalue weighted by molar-refractivity contribution is 0.135. The number of carbonyl (C=O) groups is 1. The molecule has 6 rings (SSSR count). The third-order valence-corrected chi connectivity index (χ3v) is 7.56. The first-order valence-electron chi connectivity index (χ1n) is 12.3. The molecule has 0 fully saturated rings. The van der Waals surface area contributed by atoms with E-state index in [0.29, 0.717) is 41.7 Å². The number of nitrogens with one attached hydrogen (secondary N) is 2. The van der Waals surface area contributed by atoms with Crippen molar-refractivity contribution in [2.24, 2.45) is 0 Å². The van der Waals surface area contributed by atoms with E-state index in [1.165, 1.54) is 35.6 Å². The van der Waals surface area contributed by atoms with Crippen LogP contribution in [0.2, 0.25) is 5.02 Å². The van der Waals surface area contributed by atoms with E-state index in [1.807, 2.05) is 42.5 Å². The standard InChI is InChI=1S/C28H23ClFN5O3S/c29-18-3-10-24-23(15-18)22-11-12-34(28(36)38-21-8-4-19(30)5-9-21)26(25(22)33-24)17-1-6-20(7-2-17)37-14-13-35-27(31)39-16-32-35/h1-10,15-16,26,31,33H,11-14H2. The lowest BCUT2D eigenvalue weighted by Crippen LogP contribution is -2.42. The number of H-pyrrole nitrogens is 1. The lowest BCUT2D eigenvalue weighted by atomic mass is 9.92. The van der Waals surface area contributed by atoms with Crippen LogP contribution in [0.15, 0.2) is 72.2 Å². The number of fused-ring (bicyclic) bond motifs is 3. The Morgan fingerprint density at radius 3 is 2.64 bits per heavy atom. The molecule has 2 aromatic heterocycles. The van der Waals surface area contributed by atoms with Crippen LogP contribution in [0.5, 0.6) is 11.5 Å². The van der Waals surface area contributed by atoms with Crippen molar-refractivity contribution in [3.05, 3.63) is 105 Å². The number of hydrogen-bond acceptors (Lipinski definition) is 6. The average molecular weight is 564 g/mol. The highest BCUT2D eigenvalue weighted by atomic mass is 35.5. The molecule has 0 bridgehead atoms.